The fourth-order valence-electron chi connectivity index (χ4n) is 1.32. The number of thioether (sulfide) groups is 1. The molecule has 0 aromatic rings. The number of hydrogen-bond acceptors (Lipinski definition) is 5. The van der Waals surface area contributed by atoms with Crippen molar-refractivity contribution in [2.45, 2.75) is 12.5 Å². The summed E-state index contributed by atoms with van der Waals surface area (Å²) in [6, 6.07) is 0. The first-order valence-electron chi connectivity index (χ1n) is 4.21. The van der Waals surface area contributed by atoms with Crippen molar-refractivity contribution < 1.29 is 14.6 Å². The molecule has 0 unspecified atom stereocenters. The van der Waals surface area contributed by atoms with E-state index in [-0.39, 0.29) is 18.6 Å². The van der Waals surface area contributed by atoms with E-state index in [0.29, 0.717) is 17.6 Å². The zero-order valence-electron chi connectivity index (χ0n) is 7.56. The zero-order chi connectivity index (χ0) is 9.68. The van der Waals surface area contributed by atoms with Crippen molar-refractivity contribution in [1.29, 1.82) is 0 Å². The number of aliphatic hydroxyl groups excluding tert-OH is 1. The predicted molar refractivity (Wildman–Crippen MR) is 57.0 cm³/mol. The lowest BCUT2D eigenvalue weighted by Crippen LogP contribution is -2.24. The van der Waals surface area contributed by atoms with Crippen LogP contribution in [0.2, 0.25) is 0 Å². The average molecular weight is 222 g/mol. The van der Waals surface area contributed by atoms with Gasteiger partial charge in [-0.05, 0) is 24.9 Å². The van der Waals surface area contributed by atoms with Gasteiger partial charge in [0.15, 0.2) is 0 Å². The largest absolute Gasteiger partial charge is 0.472 e. The van der Waals surface area contributed by atoms with Gasteiger partial charge in [-0.25, -0.2) is 0 Å². The fraction of sp³-hybridized carbons (Fsp3) is 0.875. The van der Waals surface area contributed by atoms with Gasteiger partial charge in [-0.2, -0.15) is 0 Å². The van der Waals surface area contributed by atoms with Crippen LogP contribution in [-0.2, 0) is 9.47 Å². The van der Waals surface area contributed by atoms with Crippen LogP contribution in [0.3, 0.4) is 0 Å². The highest BCUT2D eigenvalue weighted by Crippen LogP contribution is 2.21. The van der Waals surface area contributed by atoms with Crippen molar-refractivity contribution in [2.24, 2.45) is 5.92 Å². The lowest BCUT2D eigenvalue weighted by Gasteiger charge is -2.17. The molecule has 1 heterocycles. The van der Waals surface area contributed by atoms with Crippen LogP contribution in [-0.4, -0.2) is 41.7 Å². The molecule has 5 heteroatoms. The highest BCUT2D eigenvalue weighted by molar-refractivity contribution is 8.22. The Morgan fingerprint density at radius 1 is 1.69 bits per heavy atom. The highest BCUT2D eigenvalue weighted by atomic mass is 32.2. The van der Waals surface area contributed by atoms with Gasteiger partial charge in [-0.1, -0.05) is 11.8 Å². The summed E-state index contributed by atoms with van der Waals surface area (Å²) < 4.78 is 11.3. The molecule has 1 N–H and O–H groups in total. The maximum Gasteiger partial charge on any atom is 0.220 e. The van der Waals surface area contributed by atoms with E-state index >= 15 is 0 Å². The number of rotatable bonds is 3. The Morgan fingerprint density at radius 3 is 3.08 bits per heavy atom. The second kappa shape index (κ2) is 5.80. The summed E-state index contributed by atoms with van der Waals surface area (Å²) in [5.41, 5.74) is 0. The molecule has 0 bridgehead atoms. The van der Waals surface area contributed by atoms with Crippen molar-refractivity contribution in [3.05, 3.63) is 0 Å². The summed E-state index contributed by atoms with van der Waals surface area (Å²) in [5.74, 6) is 0.287. The fourth-order valence-corrected chi connectivity index (χ4v) is 1.66. The molecule has 0 aliphatic carbocycles. The van der Waals surface area contributed by atoms with E-state index in [1.807, 2.05) is 6.26 Å². The van der Waals surface area contributed by atoms with Gasteiger partial charge in [0.2, 0.25) is 4.38 Å². The molecule has 76 valence electrons. The SMILES string of the molecule is CSC(=S)O[C@H]1COC[C@H]1CCO. The van der Waals surface area contributed by atoms with Gasteiger partial charge in [0, 0.05) is 12.5 Å². The van der Waals surface area contributed by atoms with Gasteiger partial charge in [-0.15, -0.1) is 0 Å². The Kier molecular flexibility index (Phi) is 5.01. The first-order valence-corrected chi connectivity index (χ1v) is 5.84. The monoisotopic (exact) mass is 222 g/mol. The number of ether oxygens (including phenoxy) is 2. The van der Waals surface area contributed by atoms with Gasteiger partial charge < -0.3 is 14.6 Å². The molecule has 1 fully saturated rings. The molecule has 1 saturated heterocycles. The van der Waals surface area contributed by atoms with Gasteiger partial charge in [0.25, 0.3) is 0 Å². The molecule has 1 aliphatic heterocycles. The molecule has 0 amide bonds. The second-order valence-corrected chi connectivity index (χ2v) is 4.33. The molecule has 1 rings (SSSR count). The summed E-state index contributed by atoms with van der Waals surface area (Å²) >= 11 is 6.37. The first kappa shape index (κ1) is 11.2. The average Bonchev–Trinajstić information content (AvgIpc) is 2.54. The maximum absolute atomic E-state index is 8.79. The van der Waals surface area contributed by atoms with E-state index in [0.717, 1.165) is 6.42 Å². The molecule has 2 atom stereocenters. The van der Waals surface area contributed by atoms with Crippen LogP contribution >= 0.6 is 24.0 Å². The lowest BCUT2D eigenvalue weighted by atomic mass is 10.0. The molecule has 0 aromatic heterocycles. The summed E-state index contributed by atoms with van der Waals surface area (Å²) in [4.78, 5) is 0. The normalized spacial score (nSPS) is 27.5. The van der Waals surface area contributed by atoms with E-state index in [1.54, 1.807) is 0 Å². The van der Waals surface area contributed by atoms with Crippen molar-refractivity contribution in [1.82, 2.24) is 0 Å². The minimum absolute atomic E-state index is 0.0344. The van der Waals surface area contributed by atoms with Crippen LogP contribution in [0, 0.1) is 5.92 Å². The second-order valence-electron chi connectivity index (χ2n) is 2.92. The third kappa shape index (κ3) is 3.42. The molecule has 1 aliphatic rings. The zero-order valence-corrected chi connectivity index (χ0v) is 9.20. The van der Waals surface area contributed by atoms with E-state index in [4.69, 9.17) is 26.8 Å². The van der Waals surface area contributed by atoms with Crippen LogP contribution in [0.25, 0.3) is 0 Å². The molecule has 3 nitrogen and oxygen atoms in total. The molecular formula is C8H14O3S2. The van der Waals surface area contributed by atoms with Crippen molar-refractivity contribution in [3.63, 3.8) is 0 Å². The third-order valence-electron chi connectivity index (χ3n) is 2.05. The topological polar surface area (TPSA) is 38.7 Å². The summed E-state index contributed by atoms with van der Waals surface area (Å²) in [6.45, 7) is 1.44. The van der Waals surface area contributed by atoms with Crippen molar-refractivity contribution in [2.75, 3.05) is 26.1 Å². The smallest absolute Gasteiger partial charge is 0.220 e. The van der Waals surface area contributed by atoms with Crippen LogP contribution < -0.4 is 0 Å². The summed E-state index contributed by atoms with van der Waals surface area (Å²) in [6.07, 6.45) is 2.65. The van der Waals surface area contributed by atoms with E-state index in [9.17, 15) is 0 Å². The third-order valence-corrected chi connectivity index (χ3v) is 3.08. The number of aliphatic hydroxyl groups is 1. The maximum atomic E-state index is 8.79. The minimum atomic E-state index is 0.0344. The van der Waals surface area contributed by atoms with E-state index < -0.39 is 0 Å². The van der Waals surface area contributed by atoms with Crippen LogP contribution in [0.1, 0.15) is 6.42 Å². The minimum Gasteiger partial charge on any atom is -0.472 e. The first-order chi connectivity index (χ1) is 6.27. The van der Waals surface area contributed by atoms with Crippen LogP contribution in [0.5, 0.6) is 0 Å². The van der Waals surface area contributed by atoms with Gasteiger partial charge >= 0.3 is 0 Å². The van der Waals surface area contributed by atoms with Gasteiger partial charge in [0.05, 0.1) is 13.2 Å². The standard InChI is InChI=1S/C8H14O3S2/c1-13-8(12)11-7-5-10-4-6(7)2-3-9/h6-7,9H,2-5H2,1H3/t6-,7+/m1/s1. The molecule has 0 radical (unpaired) electrons. The van der Waals surface area contributed by atoms with Gasteiger partial charge in [0.1, 0.15) is 6.10 Å². The van der Waals surface area contributed by atoms with Crippen molar-refractivity contribution in [3.8, 4) is 0 Å². The van der Waals surface area contributed by atoms with Crippen LogP contribution in [0.15, 0.2) is 0 Å². The quantitative estimate of drug-likeness (QED) is 0.723. The molecular weight excluding hydrogens is 208 g/mol. The Labute approximate surface area is 87.8 Å². The molecule has 0 saturated carbocycles. The molecule has 13 heavy (non-hydrogen) atoms. The van der Waals surface area contributed by atoms with E-state index in [1.165, 1.54) is 11.8 Å². The van der Waals surface area contributed by atoms with Crippen molar-refractivity contribution >= 4 is 28.4 Å². The summed E-state index contributed by atoms with van der Waals surface area (Å²) in [5, 5.41) is 8.79. The Bertz CT molecular complexity index is 175. The highest BCUT2D eigenvalue weighted by Gasteiger charge is 2.29. The Morgan fingerprint density at radius 2 is 2.46 bits per heavy atom. The van der Waals surface area contributed by atoms with Crippen LogP contribution in [0.4, 0.5) is 0 Å². The lowest BCUT2D eigenvalue weighted by molar-refractivity contribution is 0.130. The Hall–Kier alpha value is 0.160. The molecule has 0 aromatic carbocycles. The summed E-state index contributed by atoms with van der Waals surface area (Å²) in [7, 11) is 0. The number of thiocarbonyl (C=S) groups is 1. The number of hydrogen-bond donors (Lipinski definition) is 1. The predicted octanol–water partition coefficient (Wildman–Crippen LogP) is 1.05. The van der Waals surface area contributed by atoms with E-state index in [2.05, 4.69) is 0 Å². The molecule has 0 spiro atoms. The Balaban J connectivity index is 2.34. The van der Waals surface area contributed by atoms with Gasteiger partial charge in [-0.3, -0.25) is 0 Å².